The molecule has 1 rings (SSSR count). The van der Waals surface area contributed by atoms with Crippen LogP contribution in [0.25, 0.3) is 0 Å². The molecule has 14 heavy (non-hydrogen) atoms. The highest BCUT2D eigenvalue weighted by Crippen LogP contribution is 2.46. The zero-order valence-corrected chi connectivity index (χ0v) is 9.00. The first-order valence-corrected chi connectivity index (χ1v) is 4.96. The molecule has 0 heterocycles. The fraction of sp³-hybridized carbons (Fsp3) is 0.900. The molecule has 0 aromatic rings. The predicted octanol–water partition coefficient (Wildman–Crippen LogP) is 2.40. The zero-order chi connectivity index (χ0) is 11.0. The van der Waals surface area contributed by atoms with Crippen LogP contribution in [0.1, 0.15) is 46.5 Å². The van der Waals surface area contributed by atoms with Gasteiger partial charge >= 0.3 is 5.91 Å². The summed E-state index contributed by atoms with van der Waals surface area (Å²) < 4.78 is 0. The van der Waals surface area contributed by atoms with Gasteiger partial charge in [-0.2, -0.15) is 0 Å². The van der Waals surface area contributed by atoms with Crippen molar-refractivity contribution in [3.05, 3.63) is 10.1 Å². The van der Waals surface area contributed by atoms with E-state index in [1.54, 1.807) is 6.92 Å². The van der Waals surface area contributed by atoms with E-state index < -0.39 is 16.2 Å². The minimum atomic E-state index is -0.815. The van der Waals surface area contributed by atoms with Crippen molar-refractivity contribution < 1.29 is 9.72 Å². The molecule has 0 radical (unpaired) electrons. The zero-order valence-electron chi connectivity index (χ0n) is 9.00. The van der Waals surface area contributed by atoms with Crippen LogP contribution >= 0.6 is 0 Å². The summed E-state index contributed by atoms with van der Waals surface area (Å²) in [5, 5.41) is 10.5. The minimum absolute atomic E-state index is 0.0542. The number of amides is 1. The molecule has 1 fully saturated rings. The molecule has 0 bridgehead atoms. The van der Waals surface area contributed by atoms with Crippen LogP contribution in [0, 0.1) is 20.9 Å². The first kappa shape index (κ1) is 11.1. The highest BCUT2D eigenvalue weighted by Gasteiger charge is 2.47. The van der Waals surface area contributed by atoms with E-state index in [9.17, 15) is 14.9 Å². The molecule has 4 nitrogen and oxygen atoms in total. The average Bonchev–Trinajstić information content (AvgIpc) is 2.00. The third-order valence-corrected chi connectivity index (χ3v) is 3.13. The number of hydrogen-bond donors (Lipinski definition) is 0. The summed E-state index contributed by atoms with van der Waals surface area (Å²) in [6, 6.07) is 0. The lowest BCUT2D eigenvalue weighted by Crippen LogP contribution is -2.40. The summed E-state index contributed by atoms with van der Waals surface area (Å²) in [6.07, 6.45) is 3.23. The van der Waals surface area contributed by atoms with Gasteiger partial charge in [0.2, 0.25) is 0 Å². The van der Waals surface area contributed by atoms with E-state index in [-0.39, 0.29) is 5.41 Å². The van der Waals surface area contributed by atoms with Crippen molar-refractivity contribution in [2.45, 2.75) is 46.5 Å². The highest BCUT2D eigenvalue weighted by molar-refractivity contribution is 5.74. The van der Waals surface area contributed by atoms with E-state index >= 15 is 0 Å². The first-order chi connectivity index (χ1) is 6.27. The van der Waals surface area contributed by atoms with Gasteiger partial charge in [-0.05, 0) is 31.6 Å². The van der Waals surface area contributed by atoms with Gasteiger partial charge in [-0.1, -0.05) is 20.3 Å². The van der Waals surface area contributed by atoms with Gasteiger partial charge in [-0.3, -0.25) is 10.1 Å². The fourth-order valence-electron chi connectivity index (χ4n) is 2.59. The third kappa shape index (κ3) is 2.11. The van der Waals surface area contributed by atoms with Gasteiger partial charge in [0.1, 0.15) is 4.92 Å². The molecule has 0 aromatic heterocycles. The van der Waals surface area contributed by atoms with Crippen molar-refractivity contribution in [1.82, 2.24) is 0 Å². The lowest BCUT2D eigenvalue weighted by Gasteiger charge is -2.38. The maximum Gasteiger partial charge on any atom is 0.450 e. The topological polar surface area (TPSA) is 60.2 Å². The van der Waals surface area contributed by atoms with Gasteiger partial charge in [-0.15, -0.1) is 0 Å². The fourth-order valence-corrected chi connectivity index (χ4v) is 2.59. The minimum Gasteiger partial charge on any atom is -0.256 e. The molecule has 4 heteroatoms. The summed E-state index contributed by atoms with van der Waals surface area (Å²) in [6.45, 7) is 5.86. The van der Waals surface area contributed by atoms with E-state index in [1.165, 1.54) is 0 Å². The Labute approximate surface area is 83.8 Å². The van der Waals surface area contributed by atoms with Crippen LogP contribution in [0.15, 0.2) is 0 Å². The Morgan fingerprint density at radius 2 is 1.86 bits per heavy atom. The first-order valence-electron chi connectivity index (χ1n) is 4.96. The van der Waals surface area contributed by atoms with E-state index in [1.807, 2.05) is 0 Å². The summed E-state index contributed by atoms with van der Waals surface area (Å²) in [7, 11) is 0. The maximum absolute atomic E-state index is 11.4. The van der Waals surface area contributed by atoms with Gasteiger partial charge in [0.25, 0.3) is 0 Å². The third-order valence-electron chi connectivity index (χ3n) is 3.13. The van der Waals surface area contributed by atoms with Gasteiger partial charge in [-0.25, -0.2) is 4.79 Å². The second-order valence-corrected chi connectivity index (χ2v) is 5.32. The van der Waals surface area contributed by atoms with E-state index in [0.717, 1.165) is 12.8 Å². The van der Waals surface area contributed by atoms with Crippen LogP contribution in [0.4, 0.5) is 0 Å². The highest BCUT2D eigenvalue weighted by atomic mass is 16.6. The van der Waals surface area contributed by atoms with Gasteiger partial charge in [0.15, 0.2) is 0 Å². The lowest BCUT2D eigenvalue weighted by atomic mass is 9.64. The molecule has 1 saturated carbocycles. The number of hydrogen-bond acceptors (Lipinski definition) is 3. The van der Waals surface area contributed by atoms with Gasteiger partial charge in [0.05, 0.1) is 5.41 Å². The molecular formula is C10H17NO3. The molecule has 1 amide bonds. The molecule has 1 aliphatic carbocycles. The van der Waals surface area contributed by atoms with Crippen molar-refractivity contribution in [2.75, 3.05) is 0 Å². The molecule has 0 aliphatic heterocycles. The molecule has 0 saturated heterocycles. The number of nitrogens with zero attached hydrogens (tertiary/aromatic N) is 1. The molecular weight excluding hydrogens is 182 g/mol. The Morgan fingerprint density at radius 1 is 1.29 bits per heavy atom. The van der Waals surface area contributed by atoms with Crippen LogP contribution in [-0.2, 0) is 4.79 Å². The number of rotatable bonds is 1. The Balaban J connectivity index is 2.84. The molecule has 0 N–H and O–H groups in total. The van der Waals surface area contributed by atoms with Crippen LogP contribution in [0.2, 0.25) is 0 Å². The smallest absolute Gasteiger partial charge is 0.256 e. The molecule has 1 aliphatic rings. The monoisotopic (exact) mass is 199 g/mol. The van der Waals surface area contributed by atoms with Crippen molar-refractivity contribution in [1.29, 1.82) is 0 Å². The summed E-state index contributed by atoms with van der Waals surface area (Å²) in [4.78, 5) is 21.1. The quantitative estimate of drug-likeness (QED) is 0.481. The molecule has 1 unspecified atom stereocenters. The summed E-state index contributed by atoms with van der Waals surface area (Å²) in [5.74, 6) is -0.815. The Hall–Kier alpha value is -0.930. The normalized spacial score (nSPS) is 31.1. The molecule has 0 aromatic carbocycles. The molecule has 0 spiro atoms. The van der Waals surface area contributed by atoms with Crippen LogP contribution in [0.5, 0.6) is 0 Å². The standard InChI is InChI=1S/C10H17NO3/c1-9(2)5-4-6-10(3,7-9)8(12)11(13)14/h4-7H2,1-3H3. The van der Waals surface area contributed by atoms with E-state index in [4.69, 9.17) is 0 Å². The predicted molar refractivity (Wildman–Crippen MR) is 52.4 cm³/mol. The average molecular weight is 199 g/mol. The SMILES string of the molecule is CC1(C)CCCC(C)(C(=O)[N+](=O)[O-])C1. The van der Waals surface area contributed by atoms with Gasteiger partial charge in [0, 0.05) is 0 Å². The van der Waals surface area contributed by atoms with Crippen LogP contribution < -0.4 is 0 Å². The Morgan fingerprint density at radius 3 is 2.29 bits per heavy atom. The van der Waals surface area contributed by atoms with E-state index in [0.29, 0.717) is 12.8 Å². The van der Waals surface area contributed by atoms with Crippen LogP contribution in [-0.4, -0.2) is 10.8 Å². The van der Waals surface area contributed by atoms with Gasteiger partial charge < -0.3 is 0 Å². The van der Waals surface area contributed by atoms with E-state index in [2.05, 4.69) is 13.8 Å². The number of nitro groups is 1. The second kappa shape index (κ2) is 3.33. The molecule has 80 valence electrons. The van der Waals surface area contributed by atoms with Crippen molar-refractivity contribution in [3.63, 3.8) is 0 Å². The second-order valence-electron chi connectivity index (χ2n) is 5.32. The van der Waals surface area contributed by atoms with Crippen molar-refractivity contribution in [2.24, 2.45) is 10.8 Å². The van der Waals surface area contributed by atoms with Crippen LogP contribution in [0.3, 0.4) is 0 Å². The number of carbonyl (C=O) groups is 1. The Bertz CT molecular complexity index is 273. The van der Waals surface area contributed by atoms with Crippen molar-refractivity contribution in [3.8, 4) is 0 Å². The van der Waals surface area contributed by atoms with Crippen molar-refractivity contribution >= 4 is 5.91 Å². The summed E-state index contributed by atoms with van der Waals surface area (Å²) in [5.41, 5.74) is -0.691. The maximum atomic E-state index is 11.4. The largest absolute Gasteiger partial charge is 0.450 e. The summed E-state index contributed by atoms with van der Waals surface area (Å²) >= 11 is 0. The Kier molecular flexibility index (Phi) is 2.65. The lowest BCUT2D eigenvalue weighted by molar-refractivity contribution is -0.413. The molecule has 1 atom stereocenters. The number of carbonyl (C=O) groups excluding carboxylic acids is 1.